The van der Waals surface area contributed by atoms with E-state index in [2.05, 4.69) is 9.88 Å². The summed E-state index contributed by atoms with van der Waals surface area (Å²) in [7, 11) is 0. The lowest BCUT2D eigenvalue weighted by Crippen LogP contribution is -2.58. The Hall–Kier alpha value is -3.46. The molecule has 1 unspecified atom stereocenters. The number of esters is 1. The second-order valence-electron chi connectivity index (χ2n) is 12.1. The number of carbonyl (C=O) groups is 3. The van der Waals surface area contributed by atoms with Gasteiger partial charge in [0, 0.05) is 49.3 Å². The zero-order valence-electron chi connectivity index (χ0n) is 22.5. The van der Waals surface area contributed by atoms with Crippen molar-refractivity contribution in [2.75, 3.05) is 18.8 Å². The van der Waals surface area contributed by atoms with E-state index in [0.29, 0.717) is 16.8 Å². The number of likely N-dealkylation sites (tertiary alicyclic amines) is 1. The van der Waals surface area contributed by atoms with Crippen LogP contribution in [0.5, 0.6) is 0 Å². The van der Waals surface area contributed by atoms with E-state index in [-0.39, 0.29) is 25.3 Å². The van der Waals surface area contributed by atoms with Crippen LogP contribution in [-0.2, 0) is 27.4 Å². The number of benzene rings is 1. The maximum Gasteiger partial charge on any atom is 0.306 e. The maximum atomic E-state index is 13.1. The van der Waals surface area contributed by atoms with Gasteiger partial charge in [0.25, 0.3) is 5.91 Å². The number of nitrogen functional groups attached to an aromatic ring is 1. The zero-order valence-corrected chi connectivity index (χ0v) is 22.5. The minimum atomic E-state index is -0.903. The topological polar surface area (TPSA) is 132 Å². The highest BCUT2D eigenvalue weighted by Crippen LogP contribution is 2.48. The quantitative estimate of drug-likeness (QED) is 0.512. The minimum Gasteiger partial charge on any atom is -0.460 e. The third kappa shape index (κ3) is 5.25. The lowest BCUT2D eigenvalue weighted by molar-refractivity contribution is -0.155. The number of amides is 2. The van der Waals surface area contributed by atoms with E-state index in [0.717, 1.165) is 42.0 Å². The molecule has 1 spiro atoms. The molecule has 1 atom stereocenters. The molecule has 0 radical (unpaired) electrons. The van der Waals surface area contributed by atoms with Gasteiger partial charge in [0.1, 0.15) is 17.5 Å². The summed E-state index contributed by atoms with van der Waals surface area (Å²) in [6.45, 7) is 8.67. The van der Waals surface area contributed by atoms with Gasteiger partial charge < -0.3 is 21.1 Å². The lowest BCUT2D eigenvalue weighted by atomic mass is 9.63. The maximum absolute atomic E-state index is 13.1. The summed E-state index contributed by atoms with van der Waals surface area (Å²) in [5.41, 5.74) is 15.8. The standard InChI is InChI=1S/C29H37N5O4/c1-28(2,3)38-24(35)10-9-23(26(31)36)34-15-20-13-18(5-7-21(20)27(34)37)22-8-6-19(25(30)32-22)14-33-16-29(17-33)11-4-12-29/h5-8,13,23H,4,9-12,14-17H2,1-3H3,(H2,30,32)(H2,31,36). The first-order valence-electron chi connectivity index (χ1n) is 13.4. The van der Waals surface area contributed by atoms with Gasteiger partial charge in [-0.05, 0) is 69.2 Å². The molecule has 1 aromatic heterocycles. The summed E-state index contributed by atoms with van der Waals surface area (Å²) >= 11 is 0. The zero-order chi connectivity index (χ0) is 27.2. The van der Waals surface area contributed by atoms with Gasteiger partial charge >= 0.3 is 5.97 Å². The Labute approximate surface area is 223 Å². The van der Waals surface area contributed by atoms with Crippen LogP contribution in [-0.4, -0.2) is 57.3 Å². The van der Waals surface area contributed by atoms with Gasteiger partial charge in [-0.1, -0.05) is 18.6 Å². The van der Waals surface area contributed by atoms with E-state index in [1.807, 2.05) is 24.3 Å². The Morgan fingerprint density at radius 2 is 1.89 bits per heavy atom. The van der Waals surface area contributed by atoms with Gasteiger partial charge in [-0.25, -0.2) is 4.98 Å². The van der Waals surface area contributed by atoms with Gasteiger partial charge in [0.15, 0.2) is 0 Å². The van der Waals surface area contributed by atoms with Crippen molar-refractivity contribution in [3.63, 3.8) is 0 Å². The Bertz CT molecular complexity index is 1270. The second-order valence-corrected chi connectivity index (χ2v) is 12.1. The van der Waals surface area contributed by atoms with Crippen molar-refractivity contribution in [1.29, 1.82) is 0 Å². The normalized spacial score (nSPS) is 19.0. The monoisotopic (exact) mass is 519 g/mol. The van der Waals surface area contributed by atoms with E-state index in [9.17, 15) is 14.4 Å². The SMILES string of the molecule is CC(C)(C)OC(=O)CCC(C(N)=O)N1Cc2cc(-c3ccc(CN4CC5(CCC5)C4)c(N)n3)ccc2C1=O. The summed E-state index contributed by atoms with van der Waals surface area (Å²) in [6.07, 6.45) is 4.14. The molecule has 202 valence electrons. The molecule has 38 heavy (non-hydrogen) atoms. The van der Waals surface area contributed by atoms with Crippen LogP contribution >= 0.6 is 0 Å². The number of hydrogen-bond acceptors (Lipinski definition) is 7. The van der Waals surface area contributed by atoms with E-state index >= 15 is 0 Å². The Balaban J connectivity index is 1.26. The number of carbonyl (C=O) groups excluding carboxylic acids is 3. The van der Waals surface area contributed by atoms with Gasteiger partial charge in [0.2, 0.25) is 5.91 Å². The lowest BCUT2D eigenvalue weighted by Gasteiger charge is -2.56. The Kier molecular flexibility index (Phi) is 6.67. The molecule has 1 aromatic carbocycles. The van der Waals surface area contributed by atoms with Crippen molar-refractivity contribution in [3.8, 4) is 11.3 Å². The van der Waals surface area contributed by atoms with Crippen molar-refractivity contribution in [1.82, 2.24) is 14.8 Å². The number of fused-ring (bicyclic) bond motifs is 1. The highest BCUT2D eigenvalue weighted by molar-refractivity contribution is 6.01. The van der Waals surface area contributed by atoms with Crippen molar-refractivity contribution in [3.05, 3.63) is 47.0 Å². The number of primary amides is 1. The molecule has 3 heterocycles. The van der Waals surface area contributed by atoms with Gasteiger partial charge in [-0.2, -0.15) is 0 Å². The molecule has 4 N–H and O–H groups in total. The van der Waals surface area contributed by atoms with Crippen molar-refractivity contribution < 1.29 is 19.1 Å². The molecule has 5 rings (SSSR count). The minimum absolute atomic E-state index is 0.00971. The van der Waals surface area contributed by atoms with E-state index in [1.54, 1.807) is 26.8 Å². The number of anilines is 1. The first-order chi connectivity index (χ1) is 17.9. The molecule has 1 saturated carbocycles. The van der Waals surface area contributed by atoms with Crippen LogP contribution in [0.4, 0.5) is 5.82 Å². The van der Waals surface area contributed by atoms with Crippen LogP contribution in [0.3, 0.4) is 0 Å². The van der Waals surface area contributed by atoms with Gasteiger partial charge in [-0.15, -0.1) is 0 Å². The fraction of sp³-hybridized carbons (Fsp3) is 0.517. The molecule has 2 aliphatic heterocycles. The van der Waals surface area contributed by atoms with Gasteiger partial charge in [-0.3, -0.25) is 19.3 Å². The van der Waals surface area contributed by atoms with E-state index in [1.165, 1.54) is 24.2 Å². The molecule has 2 amide bonds. The number of nitrogens with zero attached hydrogens (tertiary/aromatic N) is 3. The molecular formula is C29H37N5O4. The van der Waals surface area contributed by atoms with Crippen LogP contribution in [0.25, 0.3) is 11.3 Å². The Morgan fingerprint density at radius 1 is 1.16 bits per heavy atom. The predicted molar refractivity (Wildman–Crippen MR) is 144 cm³/mol. The second kappa shape index (κ2) is 9.69. The number of nitrogens with two attached hydrogens (primary N) is 2. The summed E-state index contributed by atoms with van der Waals surface area (Å²) in [6, 6.07) is 8.61. The van der Waals surface area contributed by atoms with E-state index < -0.39 is 23.5 Å². The fourth-order valence-corrected chi connectivity index (χ4v) is 5.90. The predicted octanol–water partition coefficient (Wildman–Crippen LogP) is 3.25. The van der Waals surface area contributed by atoms with Crippen LogP contribution < -0.4 is 11.5 Å². The highest BCUT2D eigenvalue weighted by atomic mass is 16.6. The largest absolute Gasteiger partial charge is 0.460 e. The van der Waals surface area contributed by atoms with Crippen LogP contribution in [0.1, 0.15) is 74.4 Å². The Morgan fingerprint density at radius 3 is 2.50 bits per heavy atom. The summed E-state index contributed by atoms with van der Waals surface area (Å²) in [5.74, 6) is -0.836. The van der Waals surface area contributed by atoms with Crippen molar-refractivity contribution in [2.45, 2.75) is 77.6 Å². The molecule has 1 saturated heterocycles. The molecular weight excluding hydrogens is 482 g/mol. The third-order valence-corrected chi connectivity index (χ3v) is 7.92. The molecule has 3 aliphatic rings. The van der Waals surface area contributed by atoms with Crippen molar-refractivity contribution >= 4 is 23.6 Å². The van der Waals surface area contributed by atoms with Crippen LogP contribution in [0.2, 0.25) is 0 Å². The summed E-state index contributed by atoms with van der Waals surface area (Å²) < 4.78 is 5.34. The average Bonchev–Trinajstić information content (AvgIpc) is 3.09. The number of hydrogen-bond donors (Lipinski definition) is 2. The first kappa shape index (κ1) is 26.2. The number of ether oxygens (including phenoxy) is 1. The number of aromatic nitrogens is 1. The highest BCUT2D eigenvalue weighted by Gasteiger charge is 2.47. The third-order valence-electron chi connectivity index (χ3n) is 7.92. The first-order valence-corrected chi connectivity index (χ1v) is 13.4. The molecule has 1 aliphatic carbocycles. The summed E-state index contributed by atoms with van der Waals surface area (Å²) in [4.78, 5) is 46.1. The van der Waals surface area contributed by atoms with Crippen LogP contribution in [0.15, 0.2) is 30.3 Å². The smallest absolute Gasteiger partial charge is 0.306 e. The molecule has 9 nitrogen and oxygen atoms in total. The molecule has 9 heteroatoms. The molecule has 2 aromatic rings. The van der Waals surface area contributed by atoms with E-state index in [4.69, 9.17) is 16.2 Å². The van der Waals surface area contributed by atoms with Gasteiger partial charge in [0.05, 0.1) is 5.69 Å². The van der Waals surface area contributed by atoms with Crippen LogP contribution in [0, 0.1) is 5.41 Å². The summed E-state index contributed by atoms with van der Waals surface area (Å²) in [5, 5.41) is 0. The molecule has 2 fully saturated rings. The number of rotatable bonds is 8. The fourth-order valence-electron chi connectivity index (χ4n) is 5.90. The van der Waals surface area contributed by atoms with Crippen molar-refractivity contribution in [2.24, 2.45) is 11.1 Å². The average molecular weight is 520 g/mol. The number of pyridine rings is 1. The molecule has 0 bridgehead atoms.